The molecule has 0 aliphatic heterocycles. The summed E-state index contributed by atoms with van der Waals surface area (Å²) in [5.74, 6) is 0. The van der Waals surface area contributed by atoms with Gasteiger partial charge in [0, 0.05) is 12.1 Å². The topological polar surface area (TPSA) is 20.9 Å². The summed E-state index contributed by atoms with van der Waals surface area (Å²) in [5, 5.41) is 0. The van der Waals surface area contributed by atoms with Gasteiger partial charge in [-0.3, -0.25) is 0 Å². The van der Waals surface area contributed by atoms with Crippen molar-refractivity contribution in [3.05, 3.63) is 30.6 Å². The van der Waals surface area contributed by atoms with Crippen molar-refractivity contribution in [1.82, 2.24) is 0 Å². The van der Waals surface area contributed by atoms with Crippen molar-refractivity contribution < 1.29 is 26.3 Å². The fraction of sp³-hybridized carbons (Fsp3) is 0. The zero-order chi connectivity index (χ0) is 5.82. The molecule has 0 unspecified atom stereocenters. The Kier molecular flexibility index (Phi) is 3.88. The zero-order valence-corrected chi connectivity index (χ0v) is 6.28. The molecule has 0 bridgehead atoms. The number of pyridine rings is 1. The summed E-state index contributed by atoms with van der Waals surface area (Å²) in [7, 11) is 0. The van der Waals surface area contributed by atoms with E-state index in [1.165, 1.54) is 4.57 Å². The van der Waals surface area contributed by atoms with Gasteiger partial charge in [-0.15, -0.1) is 4.57 Å². The van der Waals surface area contributed by atoms with Gasteiger partial charge in [0.25, 0.3) is 0 Å². The maximum atomic E-state index is 9.97. The minimum atomic E-state index is 0. The molecule has 48 valence electrons. The number of carbonyl (C=O) groups is 1. The summed E-state index contributed by atoms with van der Waals surface area (Å²) in [6, 6.07) is 5.46. The van der Waals surface area contributed by atoms with E-state index in [0.29, 0.717) is 0 Å². The van der Waals surface area contributed by atoms with E-state index >= 15 is 0 Å². The van der Waals surface area contributed by atoms with Crippen molar-refractivity contribution in [3.63, 3.8) is 0 Å². The van der Waals surface area contributed by atoms with Crippen LogP contribution in [0.1, 0.15) is 0 Å². The van der Waals surface area contributed by atoms with E-state index in [1.54, 1.807) is 24.5 Å². The number of halogens is 1. The van der Waals surface area contributed by atoms with Crippen LogP contribution in [0.4, 0.5) is 0 Å². The third-order valence-electron chi connectivity index (χ3n) is 0.860. The molecular weight excluding hydrogens is 182 g/mol. The van der Waals surface area contributed by atoms with E-state index in [1.807, 2.05) is 6.07 Å². The van der Waals surface area contributed by atoms with Crippen molar-refractivity contribution in [2.24, 2.45) is 0 Å². The maximum absolute atomic E-state index is 9.97. The SMILES string of the molecule is O=C[n+]1ccccc1.[Br-]. The van der Waals surface area contributed by atoms with Crippen molar-refractivity contribution >= 4 is 6.41 Å². The molecule has 1 aromatic rings. The first-order chi connectivity index (χ1) is 3.93. The van der Waals surface area contributed by atoms with Crippen LogP contribution >= 0.6 is 0 Å². The van der Waals surface area contributed by atoms with Crippen LogP contribution in [0.25, 0.3) is 0 Å². The van der Waals surface area contributed by atoms with Crippen LogP contribution in [0.5, 0.6) is 0 Å². The summed E-state index contributed by atoms with van der Waals surface area (Å²) < 4.78 is 1.44. The van der Waals surface area contributed by atoms with Crippen LogP contribution in [0.2, 0.25) is 0 Å². The number of hydrogen-bond donors (Lipinski definition) is 0. The lowest BCUT2D eigenvalue weighted by Gasteiger charge is -1.76. The first-order valence-corrected chi connectivity index (χ1v) is 2.34. The highest BCUT2D eigenvalue weighted by atomic mass is 79.9. The van der Waals surface area contributed by atoms with E-state index in [4.69, 9.17) is 0 Å². The Bertz CT molecular complexity index is 176. The van der Waals surface area contributed by atoms with E-state index in [2.05, 4.69) is 0 Å². The Morgan fingerprint density at radius 2 is 1.67 bits per heavy atom. The molecule has 2 nitrogen and oxygen atoms in total. The molecule has 3 heteroatoms. The standard InChI is InChI=1S/C6H6NO.BrH/c8-6-7-4-2-1-3-5-7;/h1-6H;1H/q+1;/p-1. The number of hydrogen-bond acceptors (Lipinski definition) is 1. The molecule has 0 fully saturated rings. The molecule has 0 aromatic carbocycles. The molecule has 0 aliphatic rings. The second kappa shape index (κ2) is 4.21. The van der Waals surface area contributed by atoms with Gasteiger partial charge >= 0.3 is 6.41 Å². The van der Waals surface area contributed by atoms with Crippen LogP contribution in [0, 0.1) is 0 Å². The highest BCUT2D eigenvalue weighted by Gasteiger charge is 1.87. The average Bonchev–Trinajstić information content (AvgIpc) is 1.90. The van der Waals surface area contributed by atoms with Gasteiger partial charge in [-0.05, 0) is 0 Å². The van der Waals surface area contributed by atoms with Crippen LogP contribution in [0.15, 0.2) is 30.6 Å². The minimum Gasteiger partial charge on any atom is -1.00 e. The highest BCUT2D eigenvalue weighted by molar-refractivity contribution is 5.34. The Morgan fingerprint density at radius 3 is 2.00 bits per heavy atom. The summed E-state index contributed by atoms with van der Waals surface area (Å²) in [6.45, 7) is 0. The molecule has 1 rings (SSSR count). The van der Waals surface area contributed by atoms with Crippen LogP contribution in [-0.4, -0.2) is 6.41 Å². The molecule has 1 aromatic heterocycles. The Hall–Kier alpha value is -0.700. The maximum Gasteiger partial charge on any atom is 0.380 e. The van der Waals surface area contributed by atoms with Gasteiger partial charge in [0.15, 0.2) is 12.4 Å². The molecule has 0 atom stereocenters. The second-order valence-electron chi connectivity index (χ2n) is 1.43. The summed E-state index contributed by atoms with van der Waals surface area (Å²) in [4.78, 5) is 9.97. The monoisotopic (exact) mass is 187 g/mol. The Labute approximate surface area is 63.9 Å². The van der Waals surface area contributed by atoms with Gasteiger partial charge in [-0.1, -0.05) is 6.07 Å². The van der Waals surface area contributed by atoms with E-state index in [9.17, 15) is 4.79 Å². The predicted octanol–water partition coefficient (Wildman–Crippen LogP) is -2.98. The minimum absolute atomic E-state index is 0. The van der Waals surface area contributed by atoms with Gasteiger partial charge in [-0.25, -0.2) is 4.79 Å². The van der Waals surface area contributed by atoms with Crippen LogP contribution < -0.4 is 21.5 Å². The highest BCUT2D eigenvalue weighted by Crippen LogP contribution is 1.71. The van der Waals surface area contributed by atoms with E-state index < -0.39 is 0 Å². The van der Waals surface area contributed by atoms with Gasteiger partial charge in [0.1, 0.15) is 0 Å². The molecule has 0 N–H and O–H groups in total. The lowest BCUT2D eigenvalue weighted by Crippen LogP contribution is -3.00. The fourth-order valence-corrected chi connectivity index (χ4v) is 0.482. The molecule has 9 heavy (non-hydrogen) atoms. The lowest BCUT2D eigenvalue weighted by atomic mass is 10.5. The number of carbonyl (C=O) groups excluding carboxylic acids is 1. The van der Waals surface area contributed by atoms with Crippen LogP contribution in [-0.2, 0) is 4.79 Å². The molecular formula is C6H6BrNO. The van der Waals surface area contributed by atoms with Crippen molar-refractivity contribution in [1.29, 1.82) is 0 Å². The zero-order valence-electron chi connectivity index (χ0n) is 4.70. The predicted molar refractivity (Wildman–Crippen MR) is 28.8 cm³/mol. The van der Waals surface area contributed by atoms with E-state index in [-0.39, 0.29) is 17.0 Å². The molecule has 1 heterocycles. The fourth-order valence-electron chi connectivity index (χ4n) is 0.482. The van der Waals surface area contributed by atoms with Crippen LogP contribution in [0.3, 0.4) is 0 Å². The van der Waals surface area contributed by atoms with Crippen molar-refractivity contribution in [3.8, 4) is 0 Å². The molecule has 0 saturated heterocycles. The number of aromatic nitrogens is 1. The first kappa shape index (κ1) is 8.30. The smallest absolute Gasteiger partial charge is 0.380 e. The third-order valence-corrected chi connectivity index (χ3v) is 0.860. The first-order valence-electron chi connectivity index (χ1n) is 2.34. The Balaban J connectivity index is 0.000000640. The molecule has 0 saturated carbocycles. The number of nitrogens with zero attached hydrogens (tertiary/aromatic N) is 1. The van der Waals surface area contributed by atoms with Gasteiger partial charge in [-0.2, -0.15) is 0 Å². The summed E-state index contributed by atoms with van der Waals surface area (Å²) >= 11 is 0. The third kappa shape index (κ3) is 2.37. The summed E-state index contributed by atoms with van der Waals surface area (Å²) in [6.07, 6.45) is 4.12. The summed E-state index contributed by atoms with van der Waals surface area (Å²) in [5.41, 5.74) is 0. The molecule has 0 amide bonds. The molecule has 0 aliphatic carbocycles. The normalized spacial score (nSPS) is 7.56. The van der Waals surface area contributed by atoms with E-state index in [0.717, 1.165) is 6.41 Å². The Morgan fingerprint density at radius 1 is 1.11 bits per heavy atom. The molecule has 0 radical (unpaired) electrons. The quantitative estimate of drug-likeness (QED) is 0.340. The number of rotatable bonds is 1. The van der Waals surface area contributed by atoms with Gasteiger partial charge in [0.05, 0.1) is 0 Å². The largest absolute Gasteiger partial charge is 1.00 e. The molecule has 0 spiro atoms. The van der Waals surface area contributed by atoms with Gasteiger partial charge < -0.3 is 17.0 Å². The van der Waals surface area contributed by atoms with Crippen molar-refractivity contribution in [2.75, 3.05) is 0 Å². The van der Waals surface area contributed by atoms with Crippen molar-refractivity contribution in [2.45, 2.75) is 0 Å². The lowest BCUT2D eigenvalue weighted by molar-refractivity contribution is -0.552. The second-order valence-corrected chi connectivity index (χ2v) is 1.43. The van der Waals surface area contributed by atoms with Gasteiger partial charge in [0.2, 0.25) is 0 Å². The average molecular weight is 188 g/mol.